The summed E-state index contributed by atoms with van der Waals surface area (Å²) >= 11 is 0. The van der Waals surface area contributed by atoms with Crippen LogP contribution < -0.4 is 0 Å². The number of amides is 2. The van der Waals surface area contributed by atoms with E-state index in [2.05, 4.69) is 69.1 Å². The molecule has 2 aliphatic rings. The molecule has 2 aromatic carbocycles. The number of piperazine rings is 1. The topological polar surface area (TPSA) is 56.4 Å². The summed E-state index contributed by atoms with van der Waals surface area (Å²) in [7, 11) is 0. The predicted molar refractivity (Wildman–Crippen MR) is 126 cm³/mol. The molecule has 2 amide bonds. The lowest BCUT2D eigenvalue weighted by atomic mass is 9.85. The van der Waals surface area contributed by atoms with E-state index in [9.17, 15) is 9.59 Å². The van der Waals surface area contributed by atoms with Gasteiger partial charge in [0, 0.05) is 29.6 Å². The van der Waals surface area contributed by atoms with Crippen LogP contribution in [0.15, 0.2) is 48.5 Å². The van der Waals surface area contributed by atoms with E-state index in [1.807, 2.05) is 17.0 Å². The zero-order valence-corrected chi connectivity index (χ0v) is 19.3. The van der Waals surface area contributed by atoms with Crippen LogP contribution in [0.2, 0.25) is 0 Å². The van der Waals surface area contributed by atoms with Crippen molar-refractivity contribution in [1.82, 2.24) is 14.8 Å². The Morgan fingerprint density at radius 1 is 1.00 bits per heavy atom. The zero-order chi connectivity index (χ0) is 22.6. The Labute approximate surface area is 189 Å². The Balaban J connectivity index is 1.65. The molecule has 1 N–H and O–H groups in total. The minimum Gasteiger partial charge on any atom is -0.356 e. The van der Waals surface area contributed by atoms with Crippen LogP contribution in [0.4, 0.5) is 0 Å². The SMILES string of the molecule is CC(C)CN1CC(=O)N2[C@@H](c3ccc(C(C)C)cc3)c3[nH]c4ccccc4c3C[C@H]2C1=O. The van der Waals surface area contributed by atoms with Crippen molar-refractivity contribution in [1.29, 1.82) is 0 Å². The van der Waals surface area contributed by atoms with E-state index in [1.165, 1.54) is 5.56 Å². The number of fused-ring (bicyclic) bond motifs is 4. The number of H-pyrrole nitrogens is 1. The zero-order valence-electron chi connectivity index (χ0n) is 19.3. The number of carbonyl (C=O) groups excluding carboxylic acids is 2. The number of para-hydroxylation sites is 1. The summed E-state index contributed by atoms with van der Waals surface area (Å²) in [6, 6.07) is 16.0. The molecule has 5 nitrogen and oxygen atoms in total. The highest BCUT2D eigenvalue weighted by molar-refractivity contribution is 5.97. The first-order valence-electron chi connectivity index (χ1n) is 11.6. The molecule has 2 atom stereocenters. The van der Waals surface area contributed by atoms with Crippen LogP contribution in [0.25, 0.3) is 10.9 Å². The molecule has 3 aromatic rings. The number of rotatable bonds is 4. The van der Waals surface area contributed by atoms with Gasteiger partial charge in [0.25, 0.3) is 0 Å². The smallest absolute Gasteiger partial charge is 0.246 e. The Hall–Kier alpha value is -3.08. The summed E-state index contributed by atoms with van der Waals surface area (Å²) in [5.41, 5.74) is 5.57. The molecule has 0 saturated carbocycles. The van der Waals surface area contributed by atoms with Gasteiger partial charge in [-0.1, -0.05) is 70.2 Å². The summed E-state index contributed by atoms with van der Waals surface area (Å²) < 4.78 is 0. The minimum atomic E-state index is -0.462. The van der Waals surface area contributed by atoms with Gasteiger partial charge in [-0.05, 0) is 34.6 Å². The second kappa shape index (κ2) is 7.80. The minimum absolute atomic E-state index is 0.0255. The standard InChI is InChI=1S/C27H31N3O2/c1-16(2)14-29-15-24(31)30-23(27(29)32)13-21-20-7-5-6-8-22(20)28-25(21)26(30)19-11-9-18(10-12-19)17(3)4/h5-12,16-17,23,26,28H,13-15H2,1-4H3/t23-,26-/m0/s1. The molecule has 5 rings (SSSR count). The maximum absolute atomic E-state index is 13.6. The van der Waals surface area contributed by atoms with Crippen molar-refractivity contribution in [3.63, 3.8) is 0 Å². The largest absolute Gasteiger partial charge is 0.356 e. The number of nitrogens with one attached hydrogen (secondary N) is 1. The second-order valence-electron chi connectivity index (χ2n) is 9.92. The third kappa shape index (κ3) is 3.31. The van der Waals surface area contributed by atoms with Crippen LogP contribution >= 0.6 is 0 Å². The maximum atomic E-state index is 13.6. The average Bonchev–Trinajstić information content (AvgIpc) is 3.14. The highest BCUT2D eigenvalue weighted by atomic mass is 16.2. The van der Waals surface area contributed by atoms with Crippen molar-refractivity contribution < 1.29 is 9.59 Å². The first-order chi connectivity index (χ1) is 15.3. The van der Waals surface area contributed by atoms with E-state index in [4.69, 9.17) is 0 Å². The molecule has 2 aliphatic heterocycles. The summed E-state index contributed by atoms with van der Waals surface area (Å²) in [6.45, 7) is 9.30. The Morgan fingerprint density at radius 3 is 2.41 bits per heavy atom. The van der Waals surface area contributed by atoms with Crippen LogP contribution in [0, 0.1) is 5.92 Å². The van der Waals surface area contributed by atoms with Gasteiger partial charge in [0.1, 0.15) is 6.04 Å². The molecule has 32 heavy (non-hydrogen) atoms. The van der Waals surface area contributed by atoms with Crippen LogP contribution in [0.1, 0.15) is 62.0 Å². The van der Waals surface area contributed by atoms with Crippen molar-refractivity contribution >= 4 is 22.7 Å². The molecule has 166 valence electrons. The van der Waals surface area contributed by atoms with Gasteiger partial charge < -0.3 is 14.8 Å². The third-order valence-electron chi connectivity index (χ3n) is 6.85. The van der Waals surface area contributed by atoms with E-state index in [0.717, 1.165) is 27.7 Å². The molecule has 0 radical (unpaired) electrons. The number of nitrogens with zero attached hydrogens (tertiary/aromatic N) is 2. The fraction of sp³-hybridized carbons (Fsp3) is 0.407. The van der Waals surface area contributed by atoms with Crippen molar-refractivity contribution in [2.75, 3.05) is 13.1 Å². The van der Waals surface area contributed by atoms with Gasteiger partial charge in [-0.2, -0.15) is 0 Å². The fourth-order valence-electron chi connectivity index (χ4n) is 5.33. The molecule has 0 unspecified atom stereocenters. The molecular formula is C27H31N3O2. The van der Waals surface area contributed by atoms with Crippen LogP contribution in [0.3, 0.4) is 0 Å². The Bertz CT molecular complexity index is 1180. The van der Waals surface area contributed by atoms with Crippen molar-refractivity contribution in [2.45, 2.75) is 52.1 Å². The lowest BCUT2D eigenvalue weighted by molar-refractivity contribution is -0.159. The quantitative estimate of drug-likeness (QED) is 0.657. The third-order valence-corrected chi connectivity index (χ3v) is 6.85. The predicted octanol–water partition coefficient (Wildman–Crippen LogP) is 4.63. The molecule has 0 aliphatic carbocycles. The van der Waals surface area contributed by atoms with Gasteiger partial charge in [0.15, 0.2) is 0 Å². The van der Waals surface area contributed by atoms with Gasteiger partial charge in [0.2, 0.25) is 11.8 Å². The van der Waals surface area contributed by atoms with Gasteiger partial charge in [0.05, 0.1) is 12.6 Å². The molecule has 1 fully saturated rings. The van der Waals surface area contributed by atoms with E-state index in [1.54, 1.807) is 4.90 Å². The highest BCUT2D eigenvalue weighted by Gasteiger charge is 2.48. The monoisotopic (exact) mass is 429 g/mol. The lowest BCUT2D eigenvalue weighted by Crippen LogP contribution is -2.63. The van der Waals surface area contributed by atoms with Gasteiger partial charge in [-0.25, -0.2) is 0 Å². The highest BCUT2D eigenvalue weighted by Crippen LogP contribution is 2.42. The number of hydrogen-bond acceptors (Lipinski definition) is 2. The number of carbonyl (C=O) groups is 2. The van der Waals surface area contributed by atoms with E-state index < -0.39 is 6.04 Å². The average molecular weight is 430 g/mol. The van der Waals surface area contributed by atoms with E-state index in [0.29, 0.717) is 24.8 Å². The summed E-state index contributed by atoms with van der Waals surface area (Å²) in [5.74, 6) is 0.856. The van der Waals surface area contributed by atoms with Crippen molar-refractivity contribution in [3.8, 4) is 0 Å². The lowest BCUT2D eigenvalue weighted by Gasteiger charge is -2.47. The summed E-state index contributed by atoms with van der Waals surface area (Å²) in [6.07, 6.45) is 0.555. The second-order valence-corrected chi connectivity index (χ2v) is 9.92. The molecule has 3 heterocycles. The van der Waals surface area contributed by atoms with Crippen molar-refractivity contribution in [2.24, 2.45) is 5.92 Å². The van der Waals surface area contributed by atoms with Gasteiger partial charge in [-0.15, -0.1) is 0 Å². The van der Waals surface area contributed by atoms with Crippen LogP contribution in [-0.2, 0) is 16.0 Å². The maximum Gasteiger partial charge on any atom is 0.246 e. The van der Waals surface area contributed by atoms with E-state index in [-0.39, 0.29) is 24.4 Å². The normalized spacial score (nSPS) is 20.9. The molecule has 0 bridgehead atoms. The first-order valence-corrected chi connectivity index (χ1v) is 11.6. The van der Waals surface area contributed by atoms with E-state index >= 15 is 0 Å². The molecule has 0 spiro atoms. The molecule has 1 saturated heterocycles. The summed E-state index contributed by atoms with van der Waals surface area (Å²) in [5, 5.41) is 1.15. The number of hydrogen-bond donors (Lipinski definition) is 1. The van der Waals surface area contributed by atoms with Gasteiger partial charge >= 0.3 is 0 Å². The number of benzene rings is 2. The fourth-order valence-corrected chi connectivity index (χ4v) is 5.33. The Kier molecular flexibility index (Phi) is 5.07. The van der Waals surface area contributed by atoms with Gasteiger partial charge in [-0.3, -0.25) is 9.59 Å². The number of aromatic nitrogens is 1. The molecular weight excluding hydrogens is 398 g/mol. The van der Waals surface area contributed by atoms with Crippen LogP contribution in [0.5, 0.6) is 0 Å². The molecule has 1 aromatic heterocycles. The first kappa shape index (κ1) is 20.8. The number of aromatic amines is 1. The molecule has 5 heteroatoms. The Morgan fingerprint density at radius 2 is 1.72 bits per heavy atom. The van der Waals surface area contributed by atoms with Crippen LogP contribution in [-0.4, -0.2) is 45.7 Å². The van der Waals surface area contributed by atoms with Crippen molar-refractivity contribution in [3.05, 3.63) is 70.9 Å². The summed E-state index contributed by atoms with van der Waals surface area (Å²) in [4.78, 5) is 34.2.